The van der Waals surface area contributed by atoms with Crippen molar-refractivity contribution in [3.63, 3.8) is 0 Å². The normalized spacial score (nSPS) is 21.6. The molecule has 4 aromatic heterocycles. The van der Waals surface area contributed by atoms with Crippen LogP contribution in [0.15, 0.2) is 94.5 Å². The Kier molecular flexibility index (Phi) is 15.9. The third-order valence-corrected chi connectivity index (χ3v) is 19.2. The Morgan fingerprint density at radius 2 is 1.76 bits per heavy atom. The maximum absolute atomic E-state index is 15.1. The molecule has 1 spiro atoms. The average molecular weight is 1160 g/mol. The molecule has 1 amide bonds. The molecule has 2 saturated carbocycles. The van der Waals surface area contributed by atoms with Crippen LogP contribution in [0.3, 0.4) is 0 Å². The fourth-order valence-corrected chi connectivity index (χ4v) is 14.1. The zero-order valence-electron chi connectivity index (χ0n) is 48.2. The van der Waals surface area contributed by atoms with Gasteiger partial charge < -0.3 is 38.9 Å². The summed E-state index contributed by atoms with van der Waals surface area (Å²) in [6, 6.07) is 23.3. The first-order valence-corrected chi connectivity index (χ1v) is 30.4. The number of nitro groups is 1. The number of fused-ring (bicyclic) bond motifs is 2. The number of hydrogen-bond acceptors (Lipinski definition) is 16. The van der Waals surface area contributed by atoms with Gasteiger partial charge in [-0.05, 0) is 137 Å². The highest BCUT2D eigenvalue weighted by molar-refractivity contribution is 7.90. The molecule has 2 aliphatic carbocycles. The Morgan fingerprint density at radius 3 is 2.48 bits per heavy atom. The molecule has 3 aromatic carbocycles. The van der Waals surface area contributed by atoms with E-state index < -0.39 is 42.9 Å². The molecule has 0 radical (unpaired) electrons. The molecule has 83 heavy (non-hydrogen) atoms. The van der Waals surface area contributed by atoms with Crippen LogP contribution in [-0.4, -0.2) is 113 Å². The summed E-state index contributed by atoms with van der Waals surface area (Å²) in [6.45, 7) is 16.9. The van der Waals surface area contributed by atoms with Crippen molar-refractivity contribution < 1.29 is 46.3 Å². The van der Waals surface area contributed by atoms with Gasteiger partial charge >= 0.3 is 5.69 Å². The maximum atomic E-state index is 15.1. The number of pyridine rings is 2. The van der Waals surface area contributed by atoms with Gasteiger partial charge in [-0.2, -0.15) is 4.98 Å². The number of aromatic nitrogens is 3. The first-order chi connectivity index (χ1) is 39.7. The van der Waals surface area contributed by atoms with Gasteiger partial charge in [-0.3, -0.25) is 24.7 Å². The predicted molar refractivity (Wildman–Crippen MR) is 315 cm³/mol. The Hall–Kier alpha value is -7.33. The minimum atomic E-state index is -4.76. The summed E-state index contributed by atoms with van der Waals surface area (Å²) in [5, 5.41) is 26.9. The highest BCUT2D eigenvalue weighted by atomic mass is 32.2. The number of furan rings is 1. The van der Waals surface area contributed by atoms with Crippen molar-refractivity contribution in [1.82, 2.24) is 29.5 Å². The number of hydrogen-bond donors (Lipinski definition) is 4. The predicted octanol–water partition coefficient (Wildman–Crippen LogP) is 11.6. The van der Waals surface area contributed by atoms with Gasteiger partial charge in [0.05, 0.1) is 41.4 Å². The van der Waals surface area contributed by atoms with Crippen LogP contribution in [0, 0.1) is 34.2 Å². The van der Waals surface area contributed by atoms with Crippen LogP contribution in [0.2, 0.25) is 0 Å². The van der Waals surface area contributed by atoms with E-state index in [1.54, 1.807) is 33.1 Å². The number of nitrogens with one attached hydrogen (secondary N) is 3. The molecule has 4 aliphatic rings. The van der Waals surface area contributed by atoms with Gasteiger partial charge in [-0.15, -0.1) is 0 Å². The molecule has 0 unspecified atom stereocenters. The molecule has 440 valence electrons. The molecule has 6 heterocycles. The number of aliphatic hydroxyl groups is 1. The van der Waals surface area contributed by atoms with E-state index in [-0.39, 0.29) is 69.8 Å². The maximum Gasteiger partial charge on any atom is 0.312 e. The first-order valence-electron chi connectivity index (χ1n) is 28.9. The standard InChI is InChI=1S/C62H74FN9O10S/c1-8-80-60-55(28-49-50(63)33-66-57(49)67-60)82-54-26-42(14-15-47(54)59(73)68-83(77,78)44-27-51(72(75)76)58(65-32-44)64-31-40-17-19-61(6,74)20-18-40)69-23-21-62(22-24-69)29-43(30-62)71-34-38(4)70(36-52(71)46-12-10-9-11-45(46)37(2)3)35-41-13-16-53(79-7)56-48(41)25-39(5)81-56/h9-16,25-28,32-33,37-38,40,43,52,74H,8,17-24,29-31,34-36H2,1-7H3,(H,64,65)(H,66,67)(H,68,73)/t38-,40?,52-,61?/m0/s1. The Morgan fingerprint density at radius 1 is 1.00 bits per heavy atom. The molecule has 4 fully saturated rings. The number of rotatable bonds is 18. The van der Waals surface area contributed by atoms with Crippen LogP contribution in [-0.2, 0) is 16.6 Å². The van der Waals surface area contributed by atoms with E-state index in [0.717, 1.165) is 91.9 Å². The van der Waals surface area contributed by atoms with Crippen molar-refractivity contribution in [2.24, 2.45) is 11.3 Å². The Balaban J connectivity index is 0.818. The number of piperazine rings is 1. The lowest BCUT2D eigenvalue weighted by Crippen LogP contribution is -2.61. The zero-order valence-corrected chi connectivity index (χ0v) is 49.0. The van der Waals surface area contributed by atoms with Gasteiger partial charge in [0.15, 0.2) is 17.1 Å². The molecule has 0 bridgehead atoms. The molecule has 2 aliphatic heterocycles. The van der Waals surface area contributed by atoms with Crippen LogP contribution in [0.25, 0.3) is 22.0 Å². The molecule has 2 saturated heterocycles. The minimum absolute atomic E-state index is 0.0120. The average Bonchev–Trinajstić information content (AvgIpc) is 2.77. The quantitative estimate of drug-likeness (QED) is 0.0462. The fraction of sp³-hybridized carbons (Fsp3) is 0.468. The van der Waals surface area contributed by atoms with Crippen molar-refractivity contribution in [2.45, 2.75) is 134 Å². The molecule has 19 nitrogen and oxygen atoms in total. The number of sulfonamides is 1. The summed E-state index contributed by atoms with van der Waals surface area (Å²) >= 11 is 0. The van der Waals surface area contributed by atoms with Gasteiger partial charge in [0, 0.05) is 92.9 Å². The third-order valence-electron chi connectivity index (χ3n) is 17.9. The Bertz CT molecular complexity index is 3670. The molecule has 11 rings (SSSR count). The lowest BCUT2D eigenvalue weighted by atomic mass is 9.59. The van der Waals surface area contributed by atoms with Crippen LogP contribution in [0.5, 0.6) is 23.1 Å². The van der Waals surface area contributed by atoms with Crippen molar-refractivity contribution in [2.75, 3.05) is 56.7 Å². The van der Waals surface area contributed by atoms with Gasteiger partial charge in [-0.25, -0.2) is 22.5 Å². The molecule has 7 aromatic rings. The number of aryl methyl sites for hydroxylation is 1. The topological polar surface area (TPSA) is 231 Å². The number of benzene rings is 3. The van der Waals surface area contributed by atoms with Gasteiger partial charge in [0.2, 0.25) is 5.82 Å². The summed E-state index contributed by atoms with van der Waals surface area (Å²) in [5.41, 5.74) is 4.31. The summed E-state index contributed by atoms with van der Waals surface area (Å²) in [6.07, 6.45) is 8.71. The molecule has 4 N–H and O–H groups in total. The largest absolute Gasteiger partial charge is 0.493 e. The van der Waals surface area contributed by atoms with E-state index >= 15 is 4.39 Å². The number of ether oxygens (including phenoxy) is 3. The van der Waals surface area contributed by atoms with E-state index in [4.69, 9.17) is 18.6 Å². The number of amides is 1. The fourth-order valence-electron chi connectivity index (χ4n) is 13.1. The van der Waals surface area contributed by atoms with E-state index in [0.29, 0.717) is 57.3 Å². The highest BCUT2D eigenvalue weighted by Gasteiger charge is 2.51. The molecule has 21 heteroatoms. The Labute approximate surface area is 483 Å². The number of carbonyl (C=O) groups is 1. The molecular formula is C62H74FN9O10S. The van der Waals surface area contributed by atoms with Crippen molar-refractivity contribution in [3.05, 3.63) is 129 Å². The SMILES string of the molecule is CCOc1nc2[nH]cc(F)c2cc1Oc1cc(N2CCC3(CC2)CC(N2C[C@H](C)N(Cc4ccc(OC)c5oc(C)cc45)C[C@H]2c2ccccc2C(C)C)C3)ccc1C(=O)NS(=O)(=O)c1cnc(NCC2CCC(C)(O)CC2)c([N+](=O)[O-])c1. The molecular weight excluding hydrogens is 1080 g/mol. The number of H-pyrrole nitrogens is 1. The number of nitrogens with zero attached hydrogens (tertiary/aromatic N) is 6. The van der Waals surface area contributed by atoms with Crippen molar-refractivity contribution >= 4 is 55.1 Å². The number of anilines is 2. The smallest absolute Gasteiger partial charge is 0.312 e. The minimum Gasteiger partial charge on any atom is -0.493 e. The second-order valence-electron chi connectivity index (χ2n) is 23.9. The lowest BCUT2D eigenvalue weighted by Gasteiger charge is -2.59. The third kappa shape index (κ3) is 11.8. The summed E-state index contributed by atoms with van der Waals surface area (Å²) in [7, 11) is -3.08. The second kappa shape index (κ2) is 23.0. The van der Waals surface area contributed by atoms with E-state index in [9.17, 15) is 28.4 Å². The number of halogens is 1. The first kappa shape index (κ1) is 57.5. The van der Waals surface area contributed by atoms with Crippen LogP contribution in [0.1, 0.15) is 131 Å². The monoisotopic (exact) mass is 1160 g/mol. The van der Waals surface area contributed by atoms with Crippen LogP contribution < -0.4 is 29.1 Å². The van der Waals surface area contributed by atoms with E-state index in [1.807, 2.05) is 13.0 Å². The van der Waals surface area contributed by atoms with Crippen LogP contribution in [0.4, 0.5) is 21.6 Å². The van der Waals surface area contributed by atoms with Gasteiger partial charge in [0.1, 0.15) is 27.9 Å². The second-order valence-corrected chi connectivity index (χ2v) is 25.6. The van der Waals surface area contributed by atoms with Crippen LogP contribution >= 0.6 is 0 Å². The number of aromatic amines is 1. The zero-order chi connectivity index (χ0) is 58.5. The summed E-state index contributed by atoms with van der Waals surface area (Å²) in [4.78, 5) is 44.3. The number of methoxy groups -OCH3 is 1. The van der Waals surface area contributed by atoms with Gasteiger partial charge in [0.25, 0.3) is 21.8 Å². The highest BCUT2D eigenvalue weighted by Crippen LogP contribution is 2.54. The summed E-state index contributed by atoms with van der Waals surface area (Å²) < 4.78 is 69.2. The van der Waals surface area contributed by atoms with Crippen molar-refractivity contribution in [1.29, 1.82) is 0 Å². The summed E-state index contributed by atoms with van der Waals surface area (Å²) in [5.74, 6) is 0.231. The molecule has 2 atom stereocenters. The number of carbonyl (C=O) groups excluding carboxylic acids is 1. The van der Waals surface area contributed by atoms with E-state index in [2.05, 4.69) is 96.9 Å². The number of piperidine rings is 1. The van der Waals surface area contributed by atoms with Gasteiger partial charge in [-0.1, -0.05) is 44.2 Å². The van der Waals surface area contributed by atoms with E-state index in [1.165, 1.54) is 28.8 Å². The lowest BCUT2D eigenvalue weighted by molar-refractivity contribution is -0.384. The van der Waals surface area contributed by atoms with Crippen molar-refractivity contribution in [3.8, 4) is 23.1 Å².